The smallest absolute Gasteiger partial charge is 0.0858 e. The Morgan fingerprint density at radius 1 is 1.06 bits per heavy atom. The predicted octanol–water partition coefficient (Wildman–Crippen LogP) is 2.40. The molecule has 1 fully saturated rings. The third-order valence-electron chi connectivity index (χ3n) is 4.83. The van der Waals surface area contributed by atoms with E-state index in [9.17, 15) is 10.2 Å². The molecular weight excluding hydrogens is 212 g/mol. The molecule has 0 aromatic heterocycles. The lowest BCUT2D eigenvalue weighted by Crippen LogP contribution is -2.41. The summed E-state index contributed by atoms with van der Waals surface area (Å²) in [5.41, 5.74) is 1.93. The van der Waals surface area contributed by atoms with Crippen LogP contribution in [0.1, 0.15) is 38.3 Å². The summed E-state index contributed by atoms with van der Waals surface area (Å²) in [6, 6.07) is 8.41. The van der Waals surface area contributed by atoms with Crippen molar-refractivity contribution in [3.63, 3.8) is 0 Å². The maximum Gasteiger partial charge on any atom is 0.0858 e. The second kappa shape index (κ2) is 3.82. The monoisotopic (exact) mass is 234 g/mol. The van der Waals surface area contributed by atoms with E-state index in [2.05, 4.69) is 38.1 Å². The lowest BCUT2D eigenvalue weighted by Gasteiger charge is -2.40. The average molecular weight is 234 g/mol. The van der Waals surface area contributed by atoms with Crippen LogP contribution in [-0.2, 0) is 5.41 Å². The molecule has 0 heterocycles. The van der Waals surface area contributed by atoms with Crippen LogP contribution in [-0.4, -0.2) is 22.4 Å². The molecule has 2 nitrogen and oxygen atoms in total. The summed E-state index contributed by atoms with van der Waals surface area (Å²) in [5.74, 6) is 0. The van der Waals surface area contributed by atoms with Gasteiger partial charge in [0.25, 0.3) is 0 Å². The third-order valence-corrected chi connectivity index (χ3v) is 4.83. The van der Waals surface area contributed by atoms with Gasteiger partial charge in [0.1, 0.15) is 0 Å². The molecule has 0 saturated heterocycles. The minimum absolute atomic E-state index is 0.181. The van der Waals surface area contributed by atoms with E-state index >= 15 is 0 Å². The highest BCUT2D eigenvalue weighted by Crippen LogP contribution is 2.53. The van der Waals surface area contributed by atoms with Crippen LogP contribution in [0, 0.1) is 12.3 Å². The highest BCUT2D eigenvalue weighted by atomic mass is 16.3. The Kier molecular flexibility index (Phi) is 2.83. The quantitative estimate of drug-likeness (QED) is 0.783. The van der Waals surface area contributed by atoms with Gasteiger partial charge in [-0.25, -0.2) is 0 Å². The van der Waals surface area contributed by atoms with Crippen LogP contribution in [0.15, 0.2) is 24.3 Å². The maximum atomic E-state index is 10.1. The second-order valence-corrected chi connectivity index (χ2v) is 6.14. The SMILES string of the molecule is Cc1ccc([C@]2(C)C[C@@H](O)[C@H](O)C2(C)C)cc1. The van der Waals surface area contributed by atoms with E-state index in [1.807, 2.05) is 13.8 Å². The molecule has 94 valence electrons. The first-order chi connectivity index (χ1) is 7.79. The molecular formula is C15H22O2. The van der Waals surface area contributed by atoms with Gasteiger partial charge in [-0.2, -0.15) is 0 Å². The molecule has 0 amide bonds. The summed E-state index contributed by atoms with van der Waals surface area (Å²) in [6.45, 7) is 8.27. The van der Waals surface area contributed by atoms with Gasteiger partial charge in [0, 0.05) is 10.8 Å². The van der Waals surface area contributed by atoms with Crippen molar-refractivity contribution in [3.05, 3.63) is 35.4 Å². The number of rotatable bonds is 1. The van der Waals surface area contributed by atoms with Crippen LogP contribution in [0.2, 0.25) is 0 Å². The molecule has 2 rings (SSSR count). The first kappa shape index (κ1) is 12.6. The highest BCUT2D eigenvalue weighted by Gasteiger charge is 2.56. The first-order valence-electron chi connectivity index (χ1n) is 6.22. The van der Waals surface area contributed by atoms with Crippen molar-refractivity contribution >= 4 is 0 Å². The molecule has 2 N–H and O–H groups in total. The van der Waals surface area contributed by atoms with Gasteiger partial charge in [0.05, 0.1) is 12.2 Å². The van der Waals surface area contributed by atoms with Crippen LogP contribution in [0.5, 0.6) is 0 Å². The van der Waals surface area contributed by atoms with Crippen molar-refractivity contribution in [2.75, 3.05) is 0 Å². The van der Waals surface area contributed by atoms with Gasteiger partial charge in [-0.3, -0.25) is 0 Å². The topological polar surface area (TPSA) is 40.5 Å². The Morgan fingerprint density at radius 3 is 2.00 bits per heavy atom. The molecule has 1 aliphatic rings. The molecule has 1 aliphatic carbocycles. The van der Waals surface area contributed by atoms with Crippen LogP contribution < -0.4 is 0 Å². The standard InChI is InChI=1S/C15H22O2/c1-10-5-7-11(8-6-10)15(4)9-12(16)13(17)14(15,2)3/h5-8,12-13,16-17H,9H2,1-4H3/t12-,13+,15+/m1/s1. The Morgan fingerprint density at radius 2 is 1.59 bits per heavy atom. The number of hydrogen-bond acceptors (Lipinski definition) is 2. The number of benzene rings is 1. The molecule has 1 saturated carbocycles. The summed E-state index contributed by atoms with van der Waals surface area (Å²) in [4.78, 5) is 0. The number of aliphatic hydroxyl groups is 2. The van der Waals surface area contributed by atoms with Gasteiger partial charge in [-0.15, -0.1) is 0 Å². The molecule has 2 heteroatoms. The van der Waals surface area contributed by atoms with Crippen LogP contribution in [0.25, 0.3) is 0 Å². The van der Waals surface area contributed by atoms with Gasteiger partial charge in [-0.05, 0) is 18.9 Å². The van der Waals surface area contributed by atoms with Crippen LogP contribution in [0.3, 0.4) is 0 Å². The number of aryl methyl sites for hydroxylation is 1. The molecule has 0 radical (unpaired) electrons. The molecule has 17 heavy (non-hydrogen) atoms. The van der Waals surface area contributed by atoms with E-state index < -0.39 is 12.2 Å². The Balaban J connectivity index is 2.46. The summed E-state index contributed by atoms with van der Waals surface area (Å²) in [6.07, 6.45) is -0.672. The lowest BCUT2D eigenvalue weighted by molar-refractivity contribution is -0.0160. The first-order valence-corrected chi connectivity index (χ1v) is 6.22. The third kappa shape index (κ3) is 1.71. The van der Waals surface area contributed by atoms with Crippen molar-refractivity contribution in [1.82, 2.24) is 0 Å². The zero-order valence-corrected chi connectivity index (χ0v) is 11.1. The molecule has 0 unspecified atom stereocenters. The van der Waals surface area contributed by atoms with Gasteiger partial charge < -0.3 is 10.2 Å². The van der Waals surface area contributed by atoms with E-state index in [0.717, 1.165) is 0 Å². The average Bonchev–Trinajstić information content (AvgIpc) is 2.42. The van der Waals surface area contributed by atoms with Crippen LogP contribution in [0.4, 0.5) is 0 Å². The van der Waals surface area contributed by atoms with Gasteiger partial charge in [0.2, 0.25) is 0 Å². The fourth-order valence-corrected chi connectivity index (χ4v) is 3.01. The zero-order valence-electron chi connectivity index (χ0n) is 11.1. The summed E-state index contributed by atoms with van der Waals surface area (Å²) in [7, 11) is 0. The lowest BCUT2D eigenvalue weighted by atomic mass is 9.64. The highest BCUT2D eigenvalue weighted by molar-refractivity contribution is 5.33. The predicted molar refractivity (Wildman–Crippen MR) is 68.9 cm³/mol. The molecule has 0 spiro atoms. The largest absolute Gasteiger partial charge is 0.390 e. The number of aliphatic hydroxyl groups excluding tert-OH is 2. The van der Waals surface area contributed by atoms with E-state index in [4.69, 9.17) is 0 Å². The Labute approximate surface area is 103 Å². The molecule has 1 aromatic rings. The van der Waals surface area contributed by atoms with E-state index in [1.54, 1.807) is 0 Å². The fourth-order valence-electron chi connectivity index (χ4n) is 3.01. The van der Waals surface area contributed by atoms with E-state index in [0.29, 0.717) is 6.42 Å². The van der Waals surface area contributed by atoms with Crippen molar-refractivity contribution in [3.8, 4) is 0 Å². The molecule has 0 bridgehead atoms. The molecule has 0 aliphatic heterocycles. The summed E-state index contributed by atoms with van der Waals surface area (Å²) in [5, 5.41) is 20.1. The van der Waals surface area contributed by atoms with Gasteiger partial charge in [0.15, 0.2) is 0 Å². The van der Waals surface area contributed by atoms with Gasteiger partial charge >= 0.3 is 0 Å². The Hall–Kier alpha value is -0.860. The van der Waals surface area contributed by atoms with E-state index in [1.165, 1.54) is 11.1 Å². The second-order valence-electron chi connectivity index (χ2n) is 6.14. The molecule has 3 atom stereocenters. The summed E-state index contributed by atoms with van der Waals surface area (Å²) >= 11 is 0. The molecule has 1 aromatic carbocycles. The maximum absolute atomic E-state index is 10.1. The van der Waals surface area contributed by atoms with Crippen LogP contribution >= 0.6 is 0 Å². The number of hydrogen-bond donors (Lipinski definition) is 2. The minimum atomic E-state index is -0.659. The van der Waals surface area contributed by atoms with Gasteiger partial charge in [-0.1, -0.05) is 50.6 Å². The summed E-state index contributed by atoms with van der Waals surface area (Å²) < 4.78 is 0. The van der Waals surface area contributed by atoms with Crippen molar-refractivity contribution in [2.45, 2.75) is 51.7 Å². The van der Waals surface area contributed by atoms with Crippen molar-refractivity contribution < 1.29 is 10.2 Å². The normalized spacial score (nSPS) is 36.1. The fraction of sp³-hybridized carbons (Fsp3) is 0.600. The van der Waals surface area contributed by atoms with E-state index in [-0.39, 0.29) is 10.8 Å². The minimum Gasteiger partial charge on any atom is -0.390 e. The van der Waals surface area contributed by atoms with Crippen molar-refractivity contribution in [2.24, 2.45) is 5.41 Å². The Bertz CT molecular complexity index is 407. The zero-order chi connectivity index (χ0) is 12.8. The van der Waals surface area contributed by atoms with Crippen molar-refractivity contribution in [1.29, 1.82) is 0 Å².